The maximum absolute atomic E-state index is 10.9. The third-order valence-corrected chi connectivity index (χ3v) is 3.98. The topological polar surface area (TPSA) is 53.1 Å². The number of carboxylic acid groups (broad SMARTS) is 1. The molecule has 2 aromatic carbocycles. The molecular formula is C18H17NO2. The van der Waals surface area contributed by atoms with Gasteiger partial charge in [-0.2, -0.15) is 0 Å². The Kier molecular flexibility index (Phi) is 3.26. The average Bonchev–Trinajstić information content (AvgIpc) is 2.75. The van der Waals surface area contributed by atoms with Gasteiger partial charge in [0.25, 0.3) is 0 Å². The van der Waals surface area contributed by atoms with Crippen LogP contribution in [0.25, 0.3) is 10.9 Å². The van der Waals surface area contributed by atoms with Crippen LogP contribution in [0.4, 0.5) is 0 Å². The number of aromatic carboxylic acids is 1. The second-order valence-corrected chi connectivity index (χ2v) is 5.43. The summed E-state index contributed by atoms with van der Waals surface area (Å²) in [5, 5.41) is 10.2. The molecule has 0 bridgehead atoms. The fraction of sp³-hybridized carbons (Fsp3) is 0.167. The Morgan fingerprint density at radius 1 is 1.05 bits per heavy atom. The van der Waals surface area contributed by atoms with E-state index in [2.05, 4.69) is 37.0 Å². The van der Waals surface area contributed by atoms with Crippen molar-refractivity contribution in [1.29, 1.82) is 0 Å². The number of aromatic amines is 1. The lowest BCUT2D eigenvalue weighted by Gasteiger charge is -2.04. The van der Waals surface area contributed by atoms with Crippen molar-refractivity contribution in [2.75, 3.05) is 0 Å². The fourth-order valence-corrected chi connectivity index (χ4v) is 2.62. The first-order valence-corrected chi connectivity index (χ1v) is 6.94. The molecule has 0 fully saturated rings. The number of hydrogen-bond acceptors (Lipinski definition) is 1. The van der Waals surface area contributed by atoms with Crippen LogP contribution in [-0.4, -0.2) is 16.1 Å². The SMILES string of the molecule is Cc1[nH]c2ccc(Cc3ccc(C(=O)O)cc3)cc2c1C. The van der Waals surface area contributed by atoms with Gasteiger partial charge in [0.1, 0.15) is 0 Å². The lowest BCUT2D eigenvalue weighted by Crippen LogP contribution is -1.96. The zero-order valence-electron chi connectivity index (χ0n) is 12.1. The van der Waals surface area contributed by atoms with Crippen molar-refractivity contribution in [3.05, 3.63) is 70.4 Å². The zero-order valence-corrected chi connectivity index (χ0v) is 12.1. The van der Waals surface area contributed by atoms with E-state index in [0.717, 1.165) is 17.5 Å². The fourth-order valence-electron chi connectivity index (χ4n) is 2.62. The van der Waals surface area contributed by atoms with Crippen molar-refractivity contribution in [3.8, 4) is 0 Å². The summed E-state index contributed by atoms with van der Waals surface area (Å²) in [7, 11) is 0. The first-order valence-electron chi connectivity index (χ1n) is 6.94. The highest BCUT2D eigenvalue weighted by atomic mass is 16.4. The van der Waals surface area contributed by atoms with Gasteiger partial charge in [-0.3, -0.25) is 0 Å². The lowest BCUT2D eigenvalue weighted by atomic mass is 10.0. The molecule has 0 saturated carbocycles. The van der Waals surface area contributed by atoms with Gasteiger partial charge in [0.2, 0.25) is 0 Å². The number of H-pyrrole nitrogens is 1. The number of aryl methyl sites for hydroxylation is 2. The van der Waals surface area contributed by atoms with Gasteiger partial charge in [-0.25, -0.2) is 4.79 Å². The Morgan fingerprint density at radius 2 is 1.71 bits per heavy atom. The number of carbonyl (C=O) groups is 1. The molecule has 3 nitrogen and oxygen atoms in total. The maximum atomic E-state index is 10.9. The second kappa shape index (κ2) is 5.09. The highest BCUT2D eigenvalue weighted by molar-refractivity contribution is 5.87. The summed E-state index contributed by atoms with van der Waals surface area (Å²) < 4.78 is 0. The summed E-state index contributed by atoms with van der Waals surface area (Å²) in [6.07, 6.45) is 0.805. The van der Waals surface area contributed by atoms with Gasteiger partial charge in [-0.15, -0.1) is 0 Å². The summed E-state index contributed by atoms with van der Waals surface area (Å²) in [6.45, 7) is 4.21. The van der Waals surface area contributed by atoms with E-state index < -0.39 is 5.97 Å². The number of rotatable bonds is 3. The van der Waals surface area contributed by atoms with Crippen LogP contribution in [0.2, 0.25) is 0 Å². The number of aromatic nitrogens is 1. The standard InChI is InChI=1S/C18H17NO2/c1-11-12(2)19-17-8-5-14(10-16(11)17)9-13-3-6-15(7-4-13)18(20)21/h3-8,10,19H,9H2,1-2H3,(H,20,21). The van der Waals surface area contributed by atoms with Crippen LogP contribution in [0.3, 0.4) is 0 Å². The number of benzene rings is 2. The molecule has 0 amide bonds. The molecule has 1 aromatic heterocycles. The highest BCUT2D eigenvalue weighted by Crippen LogP contribution is 2.23. The number of hydrogen-bond donors (Lipinski definition) is 2. The van der Waals surface area contributed by atoms with Crippen molar-refractivity contribution in [2.45, 2.75) is 20.3 Å². The van der Waals surface area contributed by atoms with E-state index in [-0.39, 0.29) is 0 Å². The van der Waals surface area contributed by atoms with Gasteiger partial charge in [0.05, 0.1) is 5.56 Å². The van der Waals surface area contributed by atoms with E-state index in [1.807, 2.05) is 12.1 Å². The van der Waals surface area contributed by atoms with Gasteiger partial charge < -0.3 is 10.1 Å². The van der Waals surface area contributed by atoms with Crippen LogP contribution in [-0.2, 0) is 6.42 Å². The van der Waals surface area contributed by atoms with Gasteiger partial charge in [0, 0.05) is 16.6 Å². The summed E-state index contributed by atoms with van der Waals surface area (Å²) in [4.78, 5) is 14.2. The molecule has 0 saturated heterocycles. The van der Waals surface area contributed by atoms with E-state index in [4.69, 9.17) is 5.11 Å². The van der Waals surface area contributed by atoms with Crippen LogP contribution in [0.15, 0.2) is 42.5 Å². The molecule has 21 heavy (non-hydrogen) atoms. The molecule has 0 aliphatic carbocycles. The minimum absolute atomic E-state index is 0.325. The van der Waals surface area contributed by atoms with Crippen LogP contribution in [0.5, 0.6) is 0 Å². The van der Waals surface area contributed by atoms with E-state index in [1.165, 1.54) is 22.2 Å². The van der Waals surface area contributed by atoms with Gasteiger partial charge in [-0.1, -0.05) is 18.2 Å². The average molecular weight is 279 g/mol. The minimum atomic E-state index is -0.888. The Bertz CT molecular complexity index is 813. The Morgan fingerprint density at radius 3 is 2.38 bits per heavy atom. The third kappa shape index (κ3) is 2.55. The molecule has 106 valence electrons. The van der Waals surface area contributed by atoms with E-state index in [9.17, 15) is 4.79 Å². The number of nitrogens with one attached hydrogen (secondary N) is 1. The molecule has 0 atom stereocenters. The predicted octanol–water partition coefficient (Wildman–Crippen LogP) is 4.07. The molecule has 0 aliphatic rings. The summed E-state index contributed by atoms with van der Waals surface area (Å²) in [6, 6.07) is 13.5. The molecular weight excluding hydrogens is 262 g/mol. The summed E-state index contributed by atoms with van der Waals surface area (Å²) >= 11 is 0. The molecule has 0 aliphatic heterocycles. The molecule has 3 aromatic rings. The number of carboxylic acids is 1. The Labute approximate surface area is 123 Å². The van der Waals surface area contributed by atoms with E-state index >= 15 is 0 Å². The smallest absolute Gasteiger partial charge is 0.335 e. The zero-order chi connectivity index (χ0) is 15.0. The maximum Gasteiger partial charge on any atom is 0.335 e. The summed E-state index contributed by atoms with van der Waals surface area (Å²) in [5.74, 6) is -0.888. The number of fused-ring (bicyclic) bond motifs is 1. The largest absolute Gasteiger partial charge is 0.478 e. The van der Waals surface area contributed by atoms with Crippen LogP contribution in [0, 0.1) is 13.8 Å². The first kappa shape index (κ1) is 13.4. The van der Waals surface area contributed by atoms with Crippen LogP contribution >= 0.6 is 0 Å². The van der Waals surface area contributed by atoms with Crippen molar-refractivity contribution in [3.63, 3.8) is 0 Å². The molecule has 0 unspecified atom stereocenters. The highest BCUT2D eigenvalue weighted by Gasteiger charge is 2.06. The lowest BCUT2D eigenvalue weighted by molar-refractivity contribution is 0.0697. The molecule has 0 spiro atoms. The van der Waals surface area contributed by atoms with E-state index in [1.54, 1.807) is 12.1 Å². The van der Waals surface area contributed by atoms with Crippen molar-refractivity contribution < 1.29 is 9.90 Å². The first-order chi connectivity index (χ1) is 10.0. The van der Waals surface area contributed by atoms with Gasteiger partial charge in [-0.05, 0) is 61.2 Å². The van der Waals surface area contributed by atoms with Gasteiger partial charge in [0.15, 0.2) is 0 Å². The van der Waals surface area contributed by atoms with Gasteiger partial charge >= 0.3 is 5.97 Å². The second-order valence-electron chi connectivity index (χ2n) is 5.43. The molecule has 1 heterocycles. The van der Waals surface area contributed by atoms with E-state index in [0.29, 0.717) is 5.56 Å². The Balaban J connectivity index is 1.90. The predicted molar refractivity (Wildman–Crippen MR) is 84.0 cm³/mol. The van der Waals surface area contributed by atoms with Crippen molar-refractivity contribution in [1.82, 2.24) is 4.98 Å². The minimum Gasteiger partial charge on any atom is -0.478 e. The Hall–Kier alpha value is -2.55. The molecule has 3 rings (SSSR count). The summed E-state index contributed by atoms with van der Waals surface area (Å²) in [5.41, 5.74) is 6.32. The molecule has 0 radical (unpaired) electrons. The van der Waals surface area contributed by atoms with Crippen molar-refractivity contribution in [2.24, 2.45) is 0 Å². The van der Waals surface area contributed by atoms with Crippen LogP contribution in [0.1, 0.15) is 32.7 Å². The monoisotopic (exact) mass is 279 g/mol. The normalized spacial score (nSPS) is 11.0. The quantitative estimate of drug-likeness (QED) is 0.759. The molecule has 2 N–H and O–H groups in total. The van der Waals surface area contributed by atoms with Crippen molar-refractivity contribution >= 4 is 16.9 Å². The third-order valence-electron chi connectivity index (χ3n) is 3.98. The van der Waals surface area contributed by atoms with Crippen LogP contribution < -0.4 is 0 Å². The molecule has 3 heteroatoms.